The van der Waals surface area contributed by atoms with Crippen LogP contribution in [0, 0.1) is 11.6 Å². The third kappa shape index (κ3) is 5.83. The summed E-state index contributed by atoms with van der Waals surface area (Å²) in [6.45, 7) is 3.54. The highest BCUT2D eigenvalue weighted by Crippen LogP contribution is 2.11. The van der Waals surface area contributed by atoms with Gasteiger partial charge in [0.05, 0.1) is 5.69 Å². The van der Waals surface area contributed by atoms with E-state index < -0.39 is 11.6 Å². The first-order valence-electron chi connectivity index (χ1n) is 9.26. The first-order chi connectivity index (χ1) is 13.5. The molecule has 2 aromatic carbocycles. The smallest absolute Gasteiger partial charge is 0.279 e. The number of amides is 2. The van der Waals surface area contributed by atoms with E-state index in [4.69, 9.17) is 0 Å². The van der Waals surface area contributed by atoms with Crippen LogP contribution in [0.2, 0.25) is 0 Å². The Balaban J connectivity index is 1.40. The molecule has 3 rings (SSSR count). The van der Waals surface area contributed by atoms with Crippen LogP contribution in [0.4, 0.5) is 20.2 Å². The molecule has 0 aromatic heterocycles. The van der Waals surface area contributed by atoms with Gasteiger partial charge in [-0.2, -0.15) is 0 Å². The number of halogens is 2. The molecule has 2 amide bonds. The number of para-hydroxylation sites is 1. The molecule has 1 fully saturated rings. The minimum absolute atomic E-state index is 0.165. The van der Waals surface area contributed by atoms with E-state index in [1.807, 2.05) is 0 Å². The number of carbonyl (C=O) groups excluding carboxylic acids is 2. The first-order valence-corrected chi connectivity index (χ1v) is 9.26. The summed E-state index contributed by atoms with van der Waals surface area (Å²) in [4.78, 5) is 26.5. The quantitative estimate of drug-likeness (QED) is 0.529. The highest BCUT2D eigenvalue weighted by Gasteiger charge is 2.26. The second-order valence-electron chi connectivity index (χ2n) is 6.94. The maximum absolute atomic E-state index is 13.6. The number of nitrogens with one attached hydrogen (secondary N) is 4. The Morgan fingerprint density at radius 1 is 0.821 bits per heavy atom. The Bertz CT molecular complexity index is 838. The van der Waals surface area contributed by atoms with Gasteiger partial charge in [0.2, 0.25) is 0 Å². The van der Waals surface area contributed by atoms with Crippen molar-refractivity contribution in [3.05, 3.63) is 60.2 Å². The molecule has 4 N–H and O–H groups in total. The molecule has 1 aliphatic heterocycles. The van der Waals surface area contributed by atoms with Crippen LogP contribution in [0.25, 0.3) is 0 Å². The van der Waals surface area contributed by atoms with Gasteiger partial charge in [0.25, 0.3) is 11.8 Å². The van der Waals surface area contributed by atoms with Crippen molar-refractivity contribution in [3.8, 4) is 0 Å². The molecule has 6 nitrogen and oxygen atoms in total. The predicted molar refractivity (Wildman–Crippen MR) is 101 cm³/mol. The topological polar surface area (TPSA) is 67.1 Å². The molecular formula is C20H24F2N4O2+2. The van der Waals surface area contributed by atoms with Crippen LogP contribution in [0.1, 0.15) is 0 Å². The maximum Gasteiger partial charge on any atom is 0.279 e. The number of quaternary nitrogens is 2. The summed E-state index contributed by atoms with van der Waals surface area (Å²) in [6, 6.07) is 11.9. The number of carbonyl (C=O) groups is 2. The maximum atomic E-state index is 13.6. The van der Waals surface area contributed by atoms with E-state index >= 15 is 0 Å². The van der Waals surface area contributed by atoms with Crippen molar-refractivity contribution in [2.45, 2.75) is 0 Å². The zero-order valence-electron chi connectivity index (χ0n) is 15.4. The van der Waals surface area contributed by atoms with Crippen LogP contribution in [0.5, 0.6) is 0 Å². The molecular weight excluding hydrogens is 366 g/mol. The second kappa shape index (κ2) is 9.38. The predicted octanol–water partition coefficient (Wildman–Crippen LogP) is -0.675. The number of hydrogen-bond acceptors (Lipinski definition) is 2. The fourth-order valence-corrected chi connectivity index (χ4v) is 3.29. The van der Waals surface area contributed by atoms with Crippen molar-refractivity contribution in [2.24, 2.45) is 0 Å². The van der Waals surface area contributed by atoms with E-state index in [2.05, 4.69) is 10.6 Å². The van der Waals surface area contributed by atoms with Crippen LogP contribution in [-0.4, -0.2) is 51.1 Å². The van der Waals surface area contributed by atoms with Crippen molar-refractivity contribution in [1.82, 2.24) is 0 Å². The van der Waals surface area contributed by atoms with Crippen molar-refractivity contribution in [2.75, 3.05) is 49.9 Å². The van der Waals surface area contributed by atoms with Gasteiger partial charge in [-0.3, -0.25) is 9.59 Å². The normalized spacial score (nSPS) is 19.1. The lowest BCUT2D eigenvalue weighted by Gasteiger charge is -2.29. The monoisotopic (exact) mass is 390 g/mol. The Labute approximate surface area is 162 Å². The lowest BCUT2D eigenvalue weighted by atomic mass is 10.2. The fourth-order valence-electron chi connectivity index (χ4n) is 3.29. The molecule has 1 aliphatic rings. The molecule has 148 valence electrons. The minimum Gasteiger partial charge on any atom is -0.321 e. The van der Waals surface area contributed by atoms with Crippen molar-refractivity contribution >= 4 is 23.2 Å². The number of rotatable bonds is 6. The van der Waals surface area contributed by atoms with Crippen molar-refractivity contribution < 1.29 is 28.2 Å². The van der Waals surface area contributed by atoms with Gasteiger partial charge in [0.15, 0.2) is 13.1 Å². The SMILES string of the molecule is O=C(C[NH+]1CC[NH+](CC(=O)Nc2ccccc2F)CC1)Nc1cccc(F)c1. The summed E-state index contributed by atoms with van der Waals surface area (Å²) in [5, 5.41) is 5.30. The van der Waals surface area contributed by atoms with Crippen LogP contribution in [0.3, 0.4) is 0 Å². The largest absolute Gasteiger partial charge is 0.321 e. The van der Waals surface area contributed by atoms with Crippen LogP contribution >= 0.6 is 0 Å². The van der Waals surface area contributed by atoms with Gasteiger partial charge in [-0.05, 0) is 30.3 Å². The molecule has 1 heterocycles. The zero-order chi connectivity index (χ0) is 19.9. The van der Waals surface area contributed by atoms with Crippen LogP contribution in [-0.2, 0) is 9.59 Å². The summed E-state index contributed by atoms with van der Waals surface area (Å²) >= 11 is 0. The molecule has 0 unspecified atom stereocenters. The van der Waals surface area contributed by atoms with Gasteiger partial charge in [-0.15, -0.1) is 0 Å². The standard InChI is InChI=1S/C20H22F2N4O2/c21-15-4-3-5-16(12-15)23-19(27)13-25-8-10-26(11-9-25)14-20(28)24-18-7-2-1-6-17(18)22/h1-7,12H,8-11,13-14H2,(H,23,27)(H,24,28)/p+2. The molecule has 0 aliphatic carbocycles. The average Bonchev–Trinajstić information content (AvgIpc) is 2.65. The van der Waals surface area contributed by atoms with Gasteiger partial charge < -0.3 is 20.4 Å². The number of anilines is 2. The minimum atomic E-state index is -0.454. The summed E-state index contributed by atoms with van der Waals surface area (Å²) < 4.78 is 26.8. The number of hydrogen-bond donors (Lipinski definition) is 4. The van der Waals surface area contributed by atoms with E-state index in [-0.39, 0.29) is 24.0 Å². The van der Waals surface area contributed by atoms with E-state index in [1.165, 1.54) is 24.3 Å². The van der Waals surface area contributed by atoms with Gasteiger partial charge >= 0.3 is 0 Å². The van der Waals surface area contributed by atoms with Gasteiger partial charge in [-0.25, -0.2) is 8.78 Å². The molecule has 0 bridgehead atoms. The Kier molecular flexibility index (Phi) is 6.67. The van der Waals surface area contributed by atoms with Gasteiger partial charge in [0.1, 0.15) is 37.8 Å². The molecule has 0 atom stereocenters. The zero-order valence-corrected chi connectivity index (χ0v) is 15.4. The first kappa shape index (κ1) is 19.9. The second-order valence-corrected chi connectivity index (χ2v) is 6.94. The molecule has 0 radical (unpaired) electrons. The van der Waals surface area contributed by atoms with Crippen LogP contribution in [0.15, 0.2) is 48.5 Å². The van der Waals surface area contributed by atoms with Gasteiger partial charge in [0, 0.05) is 5.69 Å². The van der Waals surface area contributed by atoms with Gasteiger partial charge in [-0.1, -0.05) is 18.2 Å². The van der Waals surface area contributed by atoms with Crippen molar-refractivity contribution in [3.63, 3.8) is 0 Å². The summed E-state index contributed by atoms with van der Waals surface area (Å²) in [6.07, 6.45) is 0. The average molecular weight is 390 g/mol. The summed E-state index contributed by atoms with van der Waals surface area (Å²) in [5.41, 5.74) is 0.628. The van der Waals surface area contributed by atoms with Crippen LogP contribution < -0.4 is 20.4 Å². The number of benzene rings is 2. The molecule has 0 saturated carbocycles. The highest BCUT2D eigenvalue weighted by molar-refractivity contribution is 5.92. The summed E-state index contributed by atoms with van der Waals surface area (Å²) in [5.74, 6) is -1.24. The summed E-state index contributed by atoms with van der Waals surface area (Å²) in [7, 11) is 0. The van der Waals surface area contributed by atoms with E-state index in [9.17, 15) is 18.4 Å². The Morgan fingerprint density at radius 3 is 2.04 bits per heavy atom. The lowest BCUT2D eigenvalue weighted by Crippen LogP contribution is -3.28. The third-order valence-corrected chi connectivity index (χ3v) is 4.74. The molecule has 0 spiro atoms. The lowest BCUT2D eigenvalue weighted by molar-refractivity contribution is -1.00. The fraction of sp³-hybridized carbons (Fsp3) is 0.300. The third-order valence-electron chi connectivity index (χ3n) is 4.74. The molecule has 8 heteroatoms. The molecule has 1 saturated heterocycles. The van der Waals surface area contributed by atoms with E-state index in [1.54, 1.807) is 24.3 Å². The van der Waals surface area contributed by atoms with E-state index in [0.29, 0.717) is 12.2 Å². The Hall–Kier alpha value is -2.84. The number of piperazine rings is 1. The highest BCUT2D eigenvalue weighted by atomic mass is 19.1. The van der Waals surface area contributed by atoms with E-state index in [0.717, 1.165) is 36.0 Å². The molecule has 28 heavy (non-hydrogen) atoms. The Morgan fingerprint density at radius 2 is 1.43 bits per heavy atom. The van der Waals surface area contributed by atoms with Crippen molar-refractivity contribution in [1.29, 1.82) is 0 Å². The molecule has 2 aromatic rings.